The lowest BCUT2D eigenvalue weighted by Crippen LogP contribution is -2.52. The summed E-state index contributed by atoms with van der Waals surface area (Å²) >= 11 is 0. The number of rotatable bonds is 2. The van der Waals surface area contributed by atoms with Gasteiger partial charge in [-0.25, -0.2) is 4.79 Å². The zero-order valence-corrected chi connectivity index (χ0v) is 9.92. The molecule has 2 heterocycles. The normalized spacial score (nSPS) is 28.7. The van der Waals surface area contributed by atoms with Crippen LogP contribution in [0.2, 0.25) is 0 Å². The van der Waals surface area contributed by atoms with Crippen LogP contribution in [0.1, 0.15) is 12.8 Å². The largest absolute Gasteiger partial charge is 0.479 e. The van der Waals surface area contributed by atoms with Crippen LogP contribution < -0.4 is 5.32 Å². The maximum absolute atomic E-state index is 12.2. The van der Waals surface area contributed by atoms with Gasteiger partial charge in [-0.3, -0.25) is 9.59 Å². The fraction of sp³-hybridized carbons (Fsp3) is 0.727. The van der Waals surface area contributed by atoms with Crippen molar-refractivity contribution in [1.82, 2.24) is 10.2 Å². The number of aliphatic carboxylic acids is 1. The highest BCUT2D eigenvalue weighted by molar-refractivity contribution is 5.84. The third-order valence-electron chi connectivity index (χ3n) is 3.27. The van der Waals surface area contributed by atoms with Crippen LogP contribution in [0.15, 0.2) is 0 Å². The molecule has 0 saturated carbocycles. The fourth-order valence-corrected chi connectivity index (χ4v) is 2.20. The summed E-state index contributed by atoms with van der Waals surface area (Å²) in [4.78, 5) is 35.5. The Kier molecular flexibility index (Phi) is 3.81. The second-order valence-electron chi connectivity index (χ2n) is 4.52. The van der Waals surface area contributed by atoms with Gasteiger partial charge < -0.3 is 20.1 Å². The minimum Gasteiger partial charge on any atom is -0.479 e. The lowest BCUT2D eigenvalue weighted by Gasteiger charge is -2.34. The highest BCUT2D eigenvalue weighted by Crippen LogP contribution is 2.16. The molecule has 0 aliphatic carbocycles. The lowest BCUT2D eigenvalue weighted by atomic mass is 9.97. The minimum atomic E-state index is -1.05. The highest BCUT2D eigenvalue weighted by Gasteiger charge is 2.33. The standard InChI is InChI=1S/C11H16N2O5/c14-9-2-1-7(5-12-9)10(15)13-3-4-18-8(6-13)11(16)17/h7-8H,1-6H2,(H,12,14)(H,16,17). The molecular weight excluding hydrogens is 240 g/mol. The Bertz CT molecular complexity index is 360. The smallest absolute Gasteiger partial charge is 0.334 e. The average molecular weight is 256 g/mol. The van der Waals surface area contributed by atoms with Gasteiger partial charge in [-0.2, -0.15) is 0 Å². The van der Waals surface area contributed by atoms with E-state index in [9.17, 15) is 14.4 Å². The van der Waals surface area contributed by atoms with Gasteiger partial charge >= 0.3 is 5.97 Å². The quantitative estimate of drug-likeness (QED) is 0.648. The predicted molar refractivity (Wildman–Crippen MR) is 59.7 cm³/mol. The molecule has 0 aromatic carbocycles. The van der Waals surface area contributed by atoms with Crippen LogP contribution in [0.3, 0.4) is 0 Å². The van der Waals surface area contributed by atoms with Crippen LogP contribution in [0.5, 0.6) is 0 Å². The Morgan fingerprint density at radius 1 is 1.44 bits per heavy atom. The minimum absolute atomic E-state index is 0.0376. The summed E-state index contributed by atoms with van der Waals surface area (Å²) in [5.74, 6) is -1.42. The van der Waals surface area contributed by atoms with E-state index in [1.807, 2.05) is 0 Å². The van der Waals surface area contributed by atoms with Crippen molar-refractivity contribution in [2.75, 3.05) is 26.2 Å². The topological polar surface area (TPSA) is 95.9 Å². The summed E-state index contributed by atoms with van der Waals surface area (Å²) in [7, 11) is 0. The van der Waals surface area contributed by atoms with Gasteiger partial charge in [0.25, 0.3) is 0 Å². The number of ether oxygens (including phenoxy) is 1. The Hall–Kier alpha value is -1.63. The van der Waals surface area contributed by atoms with Gasteiger partial charge in [0.15, 0.2) is 6.10 Å². The zero-order chi connectivity index (χ0) is 13.1. The molecule has 2 rings (SSSR count). The average Bonchev–Trinajstić information content (AvgIpc) is 2.39. The Labute approximate surface area is 104 Å². The van der Waals surface area contributed by atoms with Gasteiger partial charge in [0, 0.05) is 19.5 Å². The fourth-order valence-electron chi connectivity index (χ4n) is 2.20. The van der Waals surface area contributed by atoms with Crippen molar-refractivity contribution in [2.24, 2.45) is 5.92 Å². The third kappa shape index (κ3) is 2.79. The molecule has 7 heteroatoms. The van der Waals surface area contributed by atoms with Crippen molar-refractivity contribution in [3.05, 3.63) is 0 Å². The summed E-state index contributed by atoms with van der Waals surface area (Å²) in [5, 5.41) is 11.5. The number of nitrogens with one attached hydrogen (secondary N) is 1. The SMILES string of the molecule is O=C1CCC(C(=O)N2CCOC(C(=O)O)C2)CN1. The van der Waals surface area contributed by atoms with Crippen molar-refractivity contribution >= 4 is 17.8 Å². The molecule has 2 N–H and O–H groups in total. The Morgan fingerprint density at radius 3 is 2.83 bits per heavy atom. The first kappa shape index (κ1) is 12.8. The molecule has 2 amide bonds. The number of carbonyl (C=O) groups is 3. The van der Waals surface area contributed by atoms with Gasteiger partial charge in [-0.15, -0.1) is 0 Å². The molecule has 2 fully saturated rings. The van der Waals surface area contributed by atoms with E-state index < -0.39 is 12.1 Å². The molecule has 18 heavy (non-hydrogen) atoms. The molecule has 0 aromatic heterocycles. The maximum Gasteiger partial charge on any atom is 0.334 e. The molecule has 0 spiro atoms. The van der Waals surface area contributed by atoms with Gasteiger partial charge in [0.2, 0.25) is 11.8 Å². The molecule has 100 valence electrons. The Morgan fingerprint density at radius 2 is 2.22 bits per heavy atom. The molecular formula is C11H16N2O5. The van der Waals surface area contributed by atoms with Crippen LogP contribution in [0.4, 0.5) is 0 Å². The summed E-state index contributed by atoms with van der Waals surface area (Å²) in [6, 6.07) is 0. The van der Waals surface area contributed by atoms with Crippen LogP contribution in [0.25, 0.3) is 0 Å². The number of carboxylic acids is 1. The molecule has 2 aliphatic heterocycles. The number of nitrogens with zero attached hydrogens (tertiary/aromatic N) is 1. The number of piperidine rings is 1. The van der Waals surface area contributed by atoms with Gasteiger partial charge in [-0.05, 0) is 6.42 Å². The predicted octanol–water partition coefficient (Wildman–Crippen LogP) is -1.18. The first-order valence-electron chi connectivity index (χ1n) is 5.98. The van der Waals surface area contributed by atoms with Gasteiger partial charge in [0.1, 0.15) is 0 Å². The second kappa shape index (κ2) is 5.34. The third-order valence-corrected chi connectivity index (χ3v) is 3.27. The molecule has 7 nitrogen and oxygen atoms in total. The van der Waals surface area contributed by atoms with Gasteiger partial charge in [-0.1, -0.05) is 0 Å². The van der Waals surface area contributed by atoms with Crippen molar-refractivity contribution < 1.29 is 24.2 Å². The van der Waals surface area contributed by atoms with E-state index in [2.05, 4.69) is 5.32 Å². The molecule has 0 aromatic rings. The first-order valence-corrected chi connectivity index (χ1v) is 5.98. The van der Waals surface area contributed by atoms with Crippen LogP contribution >= 0.6 is 0 Å². The molecule has 2 atom stereocenters. The first-order chi connectivity index (χ1) is 8.58. The van der Waals surface area contributed by atoms with E-state index >= 15 is 0 Å². The summed E-state index contributed by atoms with van der Waals surface area (Å²) in [5.41, 5.74) is 0. The monoisotopic (exact) mass is 256 g/mol. The number of carbonyl (C=O) groups excluding carboxylic acids is 2. The summed E-state index contributed by atoms with van der Waals surface area (Å²) < 4.78 is 5.06. The van der Waals surface area contributed by atoms with E-state index in [4.69, 9.17) is 9.84 Å². The molecule has 0 bridgehead atoms. The van der Waals surface area contributed by atoms with E-state index in [1.54, 1.807) is 0 Å². The molecule has 0 radical (unpaired) electrons. The van der Waals surface area contributed by atoms with Crippen LogP contribution in [0, 0.1) is 5.92 Å². The number of carboxylic acid groups (broad SMARTS) is 1. The van der Waals surface area contributed by atoms with E-state index in [0.717, 1.165) is 0 Å². The molecule has 2 unspecified atom stereocenters. The second-order valence-corrected chi connectivity index (χ2v) is 4.52. The highest BCUT2D eigenvalue weighted by atomic mass is 16.5. The summed E-state index contributed by atoms with van der Waals surface area (Å²) in [6.07, 6.45) is -0.0658. The van der Waals surface area contributed by atoms with E-state index in [1.165, 1.54) is 4.90 Å². The number of hydrogen-bond donors (Lipinski definition) is 2. The number of morpholine rings is 1. The van der Waals surface area contributed by atoms with Crippen LogP contribution in [-0.2, 0) is 19.1 Å². The zero-order valence-electron chi connectivity index (χ0n) is 9.92. The lowest BCUT2D eigenvalue weighted by molar-refractivity contribution is -0.160. The Balaban J connectivity index is 1.92. The summed E-state index contributed by atoms with van der Waals surface area (Å²) in [6.45, 7) is 1.07. The van der Waals surface area contributed by atoms with Crippen molar-refractivity contribution in [3.63, 3.8) is 0 Å². The van der Waals surface area contributed by atoms with Gasteiger partial charge in [0.05, 0.1) is 19.1 Å². The molecule has 2 saturated heterocycles. The van der Waals surface area contributed by atoms with Crippen molar-refractivity contribution in [1.29, 1.82) is 0 Å². The van der Waals surface area contributed by atoms with E-state index in [-0.39, 0.29) is 30.9 Å². The van der Waals surface area contributed by atoms with Crippen LogP contribution in [-0.4, -0.2) is 60.1 Å². The van der Waals surface area contributed by atoms with E-state index in [0.29, 0.717) is 25.9 Å². The number of amides is 2. The maximum atomic E-state index is 12.2. The van der Waals surface area contributed by atoms with Crippen molar-refractivity contribution in [3.8, 4) is 0 Å². The molecule has 2 aliphatic rings. The van der Waals surface area contributed by atoms with Crippen molar-refractivity contribution in [2.45, 2.75) is 18.9 Å². The number of hydrogen-bond acceptors (Lipinski definition) is 4.